The first-order valence-corrected chi connectivity index (χ1v) is 17.6. The summed E-state index contributed by atoms with van der Waals surface area (Å²) in [7, 11) is 0. The molecule has 10 rings (SSSR count). The zero-order valence-corrected chi connectivity index (χ0v) is 28.3. The summed E-state index contributed by atoms with van der Waals surface area (Å²) in [6, 6.07) is 68.4. The van der Waals surface area contributed by atoms with Gasteiger partial charge in [-0.2, -0.15) is 0 Å². The molecule has 0 bridgehead atoms. The molecular weight excluding hydrogens is 633 g/mol. The van der Waals surface area contributed by atoms with E-state index in [2.05, 4.69) is 179 Å². The van der Waals surface area contributed by atoms with E-state index in [1.54, 1.807) is 0 Å². The normalized spacial score (nSPS) is 11.5. The van der Waals surface area contributed by atoms with Crippen molar-refractivity contribution in [1.82, 2.24) is 19.1 Å². The Morgan fingerprint density at radius 2 is 0.788 bits per heavy atom. The number of hydrogen-bond donors (Lipinski definition) is 0. The lowest BCUT2D eigenvalue weighted by Crippen LogP contribution is -2.01. The maximum absolute atomic E-state index is 5.17. The highest BCUT2D eigenvalue weighted by Gasteiger charge is 2.24. The number of rotatable bonds is 6. The molecule has 0 aliphatic rings. The van der Waals surface area contributed by atoms with E-state index in [1.165, 1.54) is 27.2 Å². The van der Waals surface area contributed by atoms with Gasteiger partial charge in [-0.15, -0.1) is 0 Å². The fourth-order valence-electron chi connectivity index (χ4n) is 7.62. The fraction of sp³-hybridized carbons (Fsp3) is 0. The molecule has 4 heteroatoms. The van der Waals surface area contributed by atoms with Gasteiger partial charge in [0.15, 0.2) is 5.82 Å². The maximum Gasteiger partial charge on any atom is 0.160 e. The second-order valence-corrected chi connectivity index (χ2v) is 13.0. The predicted octanol–water partition coefficient (Wildman–Crippen LogP) is 12.2. The van der Waals surface area contributed by atoms with E-state index in [9.17, 15) is 0 Å². The van der Waals surface area contributed by atoms with Crippen LogP contribution in [0, 0.1) is 0 Å². The van der Waals surface area contributed by atoms with Gasteiger partial charge in [-0.25, -0.2) is 9.97 Å². The molecule has 0 saturated heterocycles. The van der Waals surface area contributed by atoms with E-state index in [0.717, 1.165) is 56.2 Å². The highest BCUT2D eigenvalue weighted by Crippen LogP contribution is 2.43. The number of hydrogen-bond acceptors (Lipinski definition) is 2. The van der Waals surface area contributed by atoms with Crippen molar-refractivity contribution in [3.63, 3.8) is 0 Å². The molecule has 244 valence electrons. The van der Waals surface area contributed by atoms with E-state index in [0.29, 0.717) is 5.82 Å². The lowest BCUT2D eigenvalue weighted by molar-refractivity contribution is 1.10. The van der Waals surface area contributed by atoms with Crippen molar-refractivity contribution < 1.29 is 0 Å². The van der Waals surface area contributed by atoms with Crippen molar-refractivity contribution in [3.05, 3.63) is 194 Å². The minimum absolute atomic E-state index is 0.701. The molecule has 0 atom stereocenters. The Balaban J connectivity index is 1.25. The van der Waals surface area contributed by atoms with Crippen molar-refractivity contribution >= 4 is 32.7 Å². The summed E-state index contributed by atoms with van der Waals surface area (Å²) >= 11 is 0. The van der Waals surface area contributed by atoms with Crippen LogP contribution in [0.15, 0.2) is 194 Å². The smallest absolute Gasteiger partial charge is 0.160 e. The zero-order valence-electron chi connectivity index (χ0n) is 28.3. The summed E-state index contributed by atoms with van der Waals surface area (Å²) in [4.78, 5) is 10.2. The highest BCUT2D eigenvalue weighted by molar-refractivity contribution is 6.12. The second-order valence-electron chi connectivity index (χ2n) is 13.0. The molecule has 52 heavy (non-hydrogen) atoms. The molecule has 0 radical (unpaired) electrons. The summed E-state index contributed by atoms with van der Waals surface area (Å²) in [5, 5.41) is 3.66. The second kappa shape index (κ2) is 12.4. The van der Waals surface area contributed by atoms with E-state index in [-0.39, 0.29) is 0 Å². The largest absolute Gasteiger partial charge is 0.307 e. The molecule has 0 spiro atoms. The summed E-state index contributed by atoms with van der Waals surface area (Å²) in [6.45, 7) is 0. The Hall–Kier alpha value is -7.04. The van der Waals surface area contributed by atoms with Gasteiger partial charge in [-0.05, 0) is 36.4 Å². The molecule has 0 amide bonds. The van der Waals surface area contributed by atoms with Crippen LogP contribution in [0.25, 0.3) is 89.2 Å². The lowest BCUT2D eigenvalue weighted by atomic mass is 10.1. The van der Waals surface area contributed by atoms with Gasteiger partial charge in [-0.3, -0.25) is 0 Å². The summed E-state index contributed by atoms with van der Waals surface area (Å²) in [5.41, 5.74) is 12.8. The Morgan fingerprint density at radius 3 is 1.40 bits per heavy atom. The molecule has 0 fully saturated rings. The summed E-state index contributed by atoms with van der Waals surface area (Å²) < 4.78 is 4.88. The topological polar surface area (TPSA) is 35.6 Å². The van der Waals surface area contributed by atoms with Crippen LogP contribution in [0.3, 0.4) is 0 Å². The van der Waals surface area contributed by atoms with Crippen LogP contribution in [-0.2, 0) is 0 Å². The van der Waals surface area contributed by atoms with E-state index in [1.807, 2.05) is 24.3 Å². The van der Waals surface area contributed by atoms with Crippen molar-refractivity contribution in [2.45, 2.75) is 0 Å². The van der Waals surface area contributed by atoms with Gasteiger partial charge in [0, 0.05) is 44.1 Å². The van der Waals surface area contributed by atoms with Gasteiger partial charge >= 0.3 is 0 Å². The van der Waals surface area contributed by atoms with Crippen molar-refractivity contribution in [2.24, 2.45) is 0 Å². The Morgan fingerprint density at radius 1 is 0.327 bits per heavy atom. The summed E-state index contributed by atoms with van der Waals surface area (Å²) in [6.07, 6.45) is 0. The highest BCUT2D eigenvalue weighted by atomic mass is 15.1. The van der Waals surface area contributed by atoms with Crippen LogP contribution in [0.4, 0.5) is 0 Å². The maximum atomic E-state index is 5.17. The molecule has 3 aromatic heterocycles. The number of nitrogens with zero attached hydrogens (tertiary/aromatic N) is 4. The van der Waals surface area contributed by atoms with Crippen molar-refractivity contribution in [1.29, 1.82) is 0 Å². The standard InChI is InChI=1S/C48H32N4/c1-4-17-33(18-5-1)41-32-42(50-48(49-41)35-21-8-3-9-22-35)36-23-16-24-37(31-36)51-45-30-15-12-27-40(45)47(46(51)34-19-6-2-7-20-34)52-43-28-13-10-25-38(43)39-26-11-14-29-44(39)52/h1-32H. The summed E-state index contributed by atoms with van der Waals surface area (Å²) in [5.74, 6) is 0.701. The number of fused-ring (bicyclic) bond motifs is 4. The van der Waals surface area contributed by atoms with E-state index in [4.69, 9.17) is 9.97 Å². The van der Waals surface area contributed by atoms with Crippen LogP contribution in [0.2, 0.25) is 0 Å². The first-order chi connectivity index (χ1) is 25.8. The van der Waals surface area contributed by atoms with Gasteiger partial charge in [0.05, 0.1) is 39.3 Å². The monoisotopic (exact) mass is 664 g/mol. The molecule has 10 aromatic rings. The Labute approximate surface area is 301 Å². The van der Waals surface area contributed by atoms with Gasteiger partial charge < -0.3 is 9.13 Å². The third-order valence-electron chi connectivity index (χ3n) is 9.93. The lowest BCUT2D eigenvalue weighted by Gasteiger charge is -2.16. The molecule has 7 aromatic carbocycles. The van der Waals surface area contributed by atoms with Gasteiger partial charge in [0.25, 0.3) is 0 Å². The van der Waals surface area contributed by atoms with Gasteiger partial charge in [-0.1, -0.05) is 158 Å². The molecule has 4 nitrogen and oxygen atoms in total. The zero-order chi connectivity index (χ0) is 34.4. The molecule has 0 N–H and O–H groups in total. The molecule has 0 unspecified atom stereocenters. The fourth-order valence-corrected chi connectivity index (χ4v) is 7.62. The third-order valence-corrected chi connectivity index (χ3v) is 9.93. The van der Waals surface area contributed by atoms with Crippen LogP contribution in [-0.4, -0.2) is 19.1 Å². The van der Waals surface area contributed by atoms with Gasteiger partial charge in [0.1, 0.15) is 0 Å². The van der Waals surface area contributed by atoms with Crippen LogP contribution >= 0.6 is 0 Å². The van der Waals surface area contributed by atoms with Crippen LogP contribution in [0.1, 0.15) is 0 Å². The van der Waals surface area contributed by atoms with Crippen LogP contribution in [0.5, 0.6) is 0 Å². The van der Waals surface area contributed by atoms with Crippen molar-refractivity contribution in [2.75, 3.05) is 0 Å². The number of para-hydroxylation sites is 3. The first-order valence-electron chi connectivity index (χ1n) is 17.6. The molecular formula is C48H32N4. The molecule has 0 aliphatic carbocycles. The Kier molecular flexibility index (Phi) is 7.10. The predicted molar refractivity (Wildman–Crippen MR) is 215 cm³/mol. The molecule has 3 heterocycles. The van der Waals surface area contributed by atoms with Gasteiger partial charge in [0.2, 0.25) is 0 Å². The third kappa shape index (κ3) is 4.92. The Bertz CT molecular complexity index is 2780. The van der Waals surface area contributed by atoms with Crippen molar-refractivity contribution in [3.8, 4) is 56.5 Å². The molecule has 0 aliphatic heterocycles. The van der Waals surface area contributed by atoms with E-state index < -0.39 is 0 Å². The molecule has 0 saturated carbocycles. The van der Waals surface area contributed by atoms with E-state index >= 15 is 0 Å². The minimum Gasteiger partial charge on any atom is -0.307 e. The quantitative estimate of drug-likeness (QED) is 0.177. The average Bonchev–Trinajstić information content (AvgIpc) is 3.74. The van der Waals surface area contributed by atoms with Crippen LogP contribution < -0.4 is 0 Å². The SMILES string of the molecule is c1ccc(-c2cc(-c3cccc(-n4c(-c5ccccc5)c(-n5c6ccccc6c6ccccc65)c5ccccc54)c3)nc(-c3ccccc3)n2)cc1. The first kappa shape index (κ1) is 29.8. The minimum atomic E-state index is 0.701. The number of aromatic nitrogens is 4. The number of benzene rings is 7. The average molecular weight is 665 g/mol.